The molecule has 12 heavy (non-hydrogen) atoms. The number of anilines is 2. The minimum Gasteiger partial charge on any atom is -0.381 e. The van der Waals surface area contributed by atoms with Gasteiger partial charge in [0, 0.05) is 11.9 Å². The lowest BCUT2D eigenvalue weighted by molar-refractivity contribution is 0.956. The lowest BCUT2D eigenvalue weighted by Gasteiger charge is -2.25. The van der Waals surface area contributed by atoms with E-state index in [0.717, 1.165) is 17.9 Å². The molecule has 1 atom stereocenters. The highest BCUT2D eigenvalue weighted by atomic mass is 32.1. The predicted molar refractivity (Wildman–Crippen MR) is 56.0 cm³/mol. The number of para-hydroxylation sites is 2. The van der Waals surface area contributed by atoms with Crippen LogP contribution in [0.3, 0.4) is 0 Å². The molecule has 0 saturated carbocycles. The number of hydrogen-bond donors (Lipinski definition) is 2. The molecule has 0 fully saturated rings. The quantitative estimate of drug-likeness (QED) is 0.642. The molecule has 0 radical (unpaired) electrons. The minimum atomic E-state index is 0.273. The van der Waals surface area contributed by atoms with Gasteiger partial charge in [-0.1, -0.05) is 24.4 Å². The second-order valence-corrected chi connectivity index (χ2v) is 3.09. The van der Waals surface area contributed by atoms with Gasteiger partial charge in [-0.2, -0.15) is 0 Å². The van der Waals surface area contributed by atoms with Crippen molar-refractivity contribution in [2.75, 3.05) is 17.2 Å². The SMILES string of the molecule is S=CC1CNc2ccccc2N1. The van der Waals surface area contributed by atoms with E-state index < -0.39 is 0 Å². The summed E-state index contributed by atoms with van der Waals surface area (Å²) in [4.78, 5) is 0. The van der Waals surface area contributed by atoms with Crippen molar-refractivity contribution in [2.45, 2.75) is 6.04 Å². The summed E-state index contributed by atoms with van der Waals surface area (Å²) in [6.45, 7) is 0.876. The van der Waals surface area contributed by atoms with E-state index in [9.17, 15) is 0 Å². The fourth-order valence-electron chi connectivity index (χ4n) is 1.32. The van der Waals surface area contributed by atoms with Crippen LogP contribution in [0.25, 0.3) is 0 Å². The van der Waals surface area contributed by atoms with Crippen molar-refractivity contribution in [1.82, 2.24) is 0 Å². The van der Waals surface area contributed by atoms with Crippen molar-refractivity contribution in [3.63, 3.8) is 0 Å². The van der Waals surface area contributed by atoms with Crippen LogP contribution in [0, 0.1) is 0 Å². The zero-order chi connectivity index (χ0) is 8.39. The number of rotatable bonds is 1. The Balaban J connectivity index is 2.28. The third-order valence-corrected chi connectivity index (χ3v) is 2.27. The first kappa shape index (κ1) is 7.55. The van der Waals surface area contributed by atoms with Crippen molar-refractivity contribution in [1.29, 1.82) is 0 Å². The molecule has 0 saturated heterocycles. The minimum absolute atomic E-state index is 0.273. The van der Waals surface area contributed by atoms with Crippen LogP contribution < -0.4 is 10.6 Å². The highest BCUT2D eigenvalue weighted by Crippen LogP contribution is 2.24. The van der Waals surface area contributed by atoms with E-state index in [-0.39, 0.29) is 6.04 Å². The van der Waals surface area contributed by atoms with Crippen molar-refractivity contribution in [3.05, 3.63) is 24.3 Å². The maximum atomic E-state index is 4.87. The smallest absolute Gasteiger partial charge is 0.0719 e. The number of nitrogens with one attached hydrogen (secondary N) is 2. The van der Waals surface area contributed by atoms with Crippen molar-refractivity contribution < 1.29 is 0 Å². The van der Waals surface area contributed by atoms with Crippen LogP contribution in [0.5, 0.6) is 0 Å². The van der Waals surface area contributed by atoms with Crippen LogP contribution in [-0.2, 0) is 0 Å². The summed E-state index contributed by atoms with van der Waals surface area (Å²) in [5.41, 5.74) is 2.29. The maximum Gasteiger partial charge on any atom is 0.0719 e. The number of hydrogen-bond acceptors (Lipinski definition) is 3. The topological polar surface area (TPSA) is 24.1 Å². The van der Waals surface area contributed by atoms with Gasteiger partial charge in [0.05, 0.1) is 17.4 Å². The van der Waals surface area contributed by atoms with Gasteiger partial charge in [0.1, 0.15) is 0 Å². The van der Waals surface area contributed by atoms with Crippen molar-refractivity contribution in [2.24, 2.45) is 0 Å². The summed E-state index contributed by atoms with van der Waals surface area (Å²) in [7, 11) is 0. The molecule has 1 unspecified atom stereocenters. The van der Waals surface area contributed by atoms with Crippen LogP contribution in [-0.4, -0.2) is 18.0 Å². The Morgan fingerprint density at radius 2 is 2.08 bits per heavy atom. The van der Waals surface area contributed by atoms with Crippen LogP contribution >= 0.6 is 12.2 Å². The van der Waals surface area contributed by atoms with E-state index >= 15 is 0 Å². The zero-order valence-corrected chi connectivity index (χ0v) is 7.40. The molecule has 2 nitrogen and oxygen atoms in total. The average Bonchev–Trinajstić information content (AvgIpc) is 2.17. The molecule has 1 aromatic carbocycles. The third kappa shape index (κ3) is 1.28. The Labute approximate surface area is 77.0 Å². The molecular weight excluding hydrogens is 168 g/mol. The molecule has 1 aromatic rings. The van der Waals surface area contributed by atoms with Crippen molar-refractivity contribution in [3.8, 4) is 0 Å². The summed E-state index contributed by atoms with van der Waals surface area (Å²) in [6.07, 6.45) is 0. The molecule has 1 aliphatic rings. The van der Waals surface area contributed by atoms with Crippen molar-refractivity contribution >= 4 is 29.0 Å². The molecule has 3 heteroatoms. The number of fused-ring (bicyclic) bond motifs is 1. The van der Waals surface area contributed by atoms with E-state index in [1.807, 2.05) is 18.2 Å². The summed E-state index contributed by atoms with van der Waals surface area (Å²) in [5.74, 6) is 0. The highest BCUT2D eigenvalue weighted by molar-refractivity contribution is 7.79. The van der Waals surface area contributed by atoms with E-state index in [1.165, 1.54) is 0 Å². The largest absolute Gasteiger partial charge is 0.381 e. The normalized spacial score (nSPS) is 20.2. The van der Waals surface area contributed by atoms with Gasteiger partial charge in [0.25, 0.3) is 0 Å². The molecular formula is C9H10N2S. The molecule has 2 rings (SSSR count). The maximum absolute atomic E-state index is 4.87. The average molecular weight is 178 g/mol. The molecule has 0 bridgehead atoms. The van der Waals surface area contributed by atoms with Crippen LogP contribution in [0.15, 0.2) is 24.3 Å². The molecule has 1 aliphatic heterocycles. The second-order valence-electron chi connectivity index (χ2n) is 2.81. The van der Waals surface area contributed by atoms with Gasteiger partial charge in [-0.25, -0.2) is 0 Å². The van der Waals surface area contributed by atoms with Gasteiger partial charge in [-0.05, 0) is 12.1 Å². The Morgan fingerprint density at radius 1 is 1.33 bits per heavy atom. The first-order chi connectivity index (χ1) is 5.90. The lowest BCUT2D eigenvalue weighted by atomic mass is 10.2. The van der Waals surface area contributed by atoms with Gasteiger partial charge in [0.15, 0.2) is 0 Å². The Kier molecular flexibility index (Phi) is 1.96. The molecule has 0 aliphatic carbocycles. The van der Waals surface area contributed by atoms with Gasteiger partial charge >= 0.3 is 0 Å². The molecule has 1 heterocycles. The van der Waals surface area contributed by atoms with E-state index in [4.69, 9.17) is 12.2 Å². The van der Waals surface area contributed by atoms with Gasteiger partial charge in [-0.15, -0.1) is 0 Å². The second kappa shape index (κ2) is 3.11. The monoisotopic (exact) mass is 178 g/mol. The molecule has 0 aromatic heterocycles. The zero-order valence-electron chi connectivity index (χ0n) is 6.58. The molecule has 62 valence electrons. The number of thiocarbonyl (C=S) groups is 1. The first-order valence-corrected chi connectivity index (χ1v) is 4.42. The summed E-state index contributed by atoms with van der Waals surface area (Å²) < 4.78 is 0. The lowest BCUT2D eigenvalue weighted by Crippen LogP contribution is -2.33. The van der Waals surface area contributed by atoms with E-state index in [2.05, 4.69) is 16.7 Å². The molecule has 0 amide bonds. The fourth-order valence-corrected chi connectivity index (χ4v) is 1.48. The van der Waals surface area contributed by atoms with Crippen LogP contribution in [0.4, 0.5) is 11.4 Å². The Hall–Kier alpha value is -1.09. The standard InChI is InChI=1S/C9H10N2S/c12-6-7-5-10-8-3-1-2-4-9(8)11-7/h1-4,6-7,10-11H,5H2. The van der Waals surface area contributed by atoms with Gasteiger partial charge < -0.3 is 10.6 Å². The highest BCUT2D eigenvalue weighted by Gasteiger charge is 2.12. The van der Waals surface area contributed by atoms with Crippen LogP contribution in [0.2, 0.25) is 0 Å². The molecule has 2 N–H and O–H groups in total. The predicted octanol–water partition coefficient (Wildman–Crippen LogP) is 1.89. The molecule has 0 spiro atoms. The fraction of sp³-hybridized carbons (Fsp3) is 0.222. The van der Waals surface area contributed by atoms with Crippen LogP contribution in [0.1, 0.15) is 0 Å². The summed E-state index contributed by atoms with van der Waals surface area (Å²) >= 11 is 4.87. The summed E-state index contributed by atoms with van der Waals surface area (Å²) in [5, 5.41) is 8.38. The Morgan fingerprint density at radius 3 is 2.83 bits per heavy atom. The van der Waals surface area contributed by atoms with E-state index in [0.29, 0.717) is 0 Å². The van der Waals surface area contributed by atoms with Gasteiger partial charge in [-0.3, -0.25) is 0 Å². The Bertz CT molecular complexity index is 298. The first-order valence-electron chi connectivity index (χ1n) is 3.95. The van der Waals surface area contributed by atoms with E-state index in [1.54, 1.807) is 5.37 Å². The number of benzene rings is 1. The third-order valence-electron chi connectivity index (χ3n) is 1.94. The summed E-state index contributed by atoms with van der Waals surface area (Å²) in [6, 6.07) is 8.41. The van der Waals surface area contributed by atoms with Gasteiger partial charge in [0.2, 0.25) is 0 Å².